The molecule has 0 saturated carbocycles. The van der Waals surface area contributed by atoms with Gasteiger partial charge in [-0.15, -0.1) is 0 Å². The SMILES string of the molecule is CN(C(=O)C(C)(C)Cc1ccccc1)[C@@H]1CCc2c(CC(=O)O)c3ccccn3c2C1. The third-order valence-corrected chi connectivity index (χ3v) is 6.59. The number of carbonyl (C=O) groups excluding carboxylic acids is 1. The fraction of sp³-hybridized carbons (Fsp3) is 0.385. The molecule has 1 aromatic carbocycles. The van der Waals surface area contributed by atoms with Gasteiger partial charge in [-0.25, -0.2) is 0 Å². The maximum atomic E-state index is 13.4. The molecule has 2 heterocycles. The molecule has 0 spiro atoms. The standard InChI is InChI=1S/C26H30N2O3/c1-26(2,17-18-9-5-4-6-10-18)25(31)27(3)19-12-13-20-21(16-24(29)30)22-11-7-8-14-28(22)23(20)15-19/h4-11,14,19H,12-13,15-17H2,1-3H3,(H,29,30)/t19-/m1/s1. The Hall–Kier alpha value is -3.08. The zero-order chi connectivity index (χ0) is 22.2. The molecule has 4 rings (SSSR count). The summed E-state index contributed by atoms with van der Waals surface area (Å²) >= 11 is 0. The van der Waals surface area contributed by atoms with Gasteiger partial charge < -0.3 is 14.4 Å². The predicted molar refractivity (Wildman–Crippen MR) is 121 cm³/mol. The summed E-state index contributed by atoms with van der Waals surface area (Å²) in [6.45, 7) is 4.04. The maximum absolute atomic E-state index is 13.4. The van der Waals surface area contributed by atoms with Gasteiger partial charge in [0.1, 0.15) is 0 Å². The molecule has 0 fully saturated rings. The van der Waals surface area contributed by atoms with Gasteiger partial charge in [0.05, 0.1) is 6.42 Å². The molecule has 3 aromatic rings. The third-order valence-electron chi connectivity index (χ3n) is 6.59. The van der Waals surface area contributed by atoms with Crippen molar-refractivity contribution in [3.05, 3.63) is 77.1 Å². The number of nitrogens with zero attached hydrogens (tertiary/aromatic N) is 2. The monoisotopic (exact) mass is 418 g/mol. The van der Waals surface area contributed by atoms with Gasteiger partial charge in [-0.1, -0.05) is 50.2 Å². The van der Waals surface area contributed by atoms with E-state index < -0.39 is 11.4 Å². The number of aliphatic carboxylic acids is 1. The molecule has 0 saturated heterocycles. The van der Waals surface area contributed by atoms with Crippen LogP contribution in [0.4, 0.5) is 0 Å². The molecule has 162 valence electrons. The van der Waals surface area contributed by atoms with Crippen LogP contribution in [-0.4, -0.2) is 39.4 Å². The van der Waals surface area contributed by atoms with E-state index in [4.69, 9.17) is 0 Å². The number of carbonyl (C=O) groups is 2. The van der Waals surface area contributed by atoms with E-state index >= 15 is 0 Å². The lowest BCUT2D eigenvalue weighted by atomic mass is 9.82. The zero-order valence-electron chi connectivity index (χ0n) is 18.5. The Balaban J connectivity index is 1.58. The van der Waals surface area contributed by atoms with Gasteiger partial charge in [0.25, 0.3) is 0 Å². The van der Waals surface area contributed by atoms with Crippen molar-refractivity contribution in [2.75, 3.05) is 7.05 Å². The molecular formula is C26H30N2O3. The Kier molecular flexibility index (Phi) is 5.61. The van der Waals surface area contributed by atoms with Crippen LogP contribution in [0.3, 0.4) is 0 Å². The van der Waals surface area contributed by atoms with Gasteiger partial charge in [-0.05, 0) is 48.1 Å². The van der Waals surface area contributed by atoms with Gasteiger partial charge >= 0.3 is 5.97 Å². The number of likely N-dealkylation sites (N-methyl/N-ethyl adjacent to an activating group) is 1. The summed E-state index contributed by atoms with van der Waals surface area (Å²) in [7, 11) is 1.92. The number of carboxylic acid groups (broad SMARTS) is 1. The summed E-state index contributed by atoms with van der Waals surface area (Å²) in [5.41, 5.74) is 4.84. The molecule has 2 aromatic heterocycles. The highest BCUT2D eigenvalue weighted by atomic mass is 16.4. The lowest BCUT2D eigenvalue weighted by Crippen LogP contribution is -2.47. The van der Waals surface area contributed by atoms with E-state index in [9.17, 15) is 14.7 Å². The van der Waals surface area contributed by atoms with E-state index in [1.54, 1.807) is 0 Å². The van der Waals surface area contributed by atoms with Crippen LogP contribution in [-0.2, 0) is 35.3 Å². The number of carboxylic acids is 1. The first-order valence-electron chi connectivity index (χ1n) is 10.9. The fourth-order valence-electron chi connectivity index (χ4n) is 5.06. The minimum atomic E-state index is -0.809. The summed E-state index contributed by atoms with van der Waals surface area (Å²) < 4.78 is 2.12. The molecule has 0 unspecified atom stereocenters. The van der Waals surface area contributed by atoms with Gasteiger partial charge in [-0.3, -0.25) is 9.59 Å². The van der Waals surface area contributed by atoms with E-state index in [1.165, 1.54) is 0 Å². The van der Waals surface area contributed by atoms with Crippen LogP contribution in [0, 0.1) is 5.41 Å². The van der Waals surface area contributed by atoms with Crippen LogP contribution < -0.4 is 0 Å². The molecule has 1 aliphatic rings. The Morgan fingerprint density at radius 1 is 1.13 bits per heavy atom. The van der Waals surface area contributed by atoms with Crippen molar-refractivity contribution < 1.29 is 14.7 Å². The Bertz CT molecular complexity index is 1110. The van der Waals surface area contributed by atoms with Crippen molar-refractivity contribution in [2.24, 2.45) is 5.41 Å². The first-order chi connectivity index (χ1) is 14.8. The number of benzene rings is 1. The molecule has 0 aliphatic heterocycles. The summed E-state index contributed by atoms with van der Waals surface area (Å²) in [5.74, 6) is -0.660. The van der Waals surface area contributed by atoms with Crippen LogP contribution in [0.2, 0.25) is 0 Å². The second kappa shape index (κ2) is 8.22. The van der Waals surface area contributed by atoms with Gasteiger partial charge in [0, 0.05) is 42.3 Å². The fourth-order valence-corrected chi connectivity index (χ4v) is 5.06. The topological polar surface area (TPSA) is 62.0 Å². The normalized spacial score (nSPS) is 16.2. The molecule has 1 amide bonds. The number of hydrogen-bond acceptors (Lipinski definition) is 2. The van der Waals surface area contributed by atoms with Crippen LogP contribution >= 0.6 is 0 Å². The van der Waals surface area contributed by atoms with Crippen LogP contribution in [0.1, 0.15) is 42.7 Å². The molecule has 31 heavy (non-hydrogen) atoms. The van der Waals surface area contributed by atoms with Crippen molar-refractivity contribution in [1.29, 1.82) is 0 Å². The second-order valence-corrected chi connectivity index (χ2v) is 9.29. The molecule has 1 N–H and O–H groups in total. The van der Waals surface area contributed by atoms with Crippen molar-refractivity contribution in [3.8, 4) is 0 Å². The molecule has 0 bridgehead atoms. The number of hydrogen-bond donors (Lipinski definition) is 1. The minimum absolute atomic E-state index is 0.0341. The van der Waals surface area contributed by atoms with Crippen molar-refractivity contribution in [2.45, 2.75) is 52.0 Å². The summed E-state index contributed by atoms with van der Waals surface area (Å²) in [4.78, 5) is 26.8. The summed E-state index contributed by atoms with van der Waals surface area (Å²) in [5, 5.41) is 9.41. The molecule has 0 radical (unpaired) electrons. The lowest BCUT2D eigenvalue weighted by Gasteiger charge is -2.37. The summed E-state index contributed by atoms with van der Waals surface area (Å²) in [6.07, 6.45) is 5.12. The molecular weight excluding hydrogens is 388 g/mol. The summed E-state index contributed by atoms with van der Waals surface area (Å²) in [6, 6.07) is 16.2. The molecule has 1 aliphatic carbocycles. The maximum Gasteiger partial charge on any atom is 0.307 e. The van der Waals surface area contributed by atoms with Crippen LogP contribution in [0.25, 0.3) is 5.52 Å². The van der Waals surface area contributed by atoms with Crippen LogP contribution in [0.5, 0.6) is 0 Å². The predicted octanol–water partition coefficient (Wildman–Crippen LogP) is 4.15. The average molecular weight is 419 g/mol. The first kappa shape index (κ1) is 21.2. The number of aromatic nitrogens is 1. The largest absolute Gasteiger partial charge is 0.481 e. The minimum Gasteiger partial charge on any atom is -0.481 e. The zero-order valence-corrected chi connectivity index (χ0v) is 18.5. The second-order valence-electron chi connectivity index (χ2n) is 9.29. The van der Waals surface area contributed by atoms with Gasteiger partial charge in [0.2, 0.25) is 5.91 Å². The van der Waals surface area contributed by atoms with E-state index in [0.717, 1.165) is 47.2 Å². The Morgan fingerprint density at radius 2 is 1.84 bits per heavy atom. The van der Waals surface area contributed by atoms with Crippen molar-refractivity contribution in [3.63, 3.8) is 0 Å². The highest BCUT2D eigenvalue weighted by Crippen LogP contribution is 2.34. The highest BCUT2D eigenvalue weighted by Gasteiger charge is 2.36. The number of fused-ring (bicyclic) bond motifs is 3. The lowest BCUT2D eigenvalue weighted by molar-refractivity contribution is -0.141. The Morgan fingerprint density at radius 3 is 2.55 bits per heavy atom. The van der Waals surface area contributed by atoms with E-state index in [1.807, 2.05) is 68.4 Å². The smallest absolute Gasteiger partial charge is 0.307 e. The number of amides is 1. The number of rotatable bonds is 6. The number of pyridine rings is 1. The van der Waals surface area contributed by atoms with Crippen molar-refractivity contribution >= 4 is 17.4 Å². The van der Waals surface area contributed by atoms with E-state index in [0.29, 0.717) is 6.42 Å². The van der Waals surface area contributed by atoms with Gasteiger partial charge in [0.15, 0.2) is 0 Å². The van der Waals surface area contributed by atoms with E-state index in [-0.39, 0.29) is 18.4 Å². The molecule has 5 nitrogen and oxygen atoms in total. The van der Waals surface area contributed by atoms with Crippen LogP contribution in [0.15, 0.2) is 54.7 Å². The quantitative estimate of drug-likeness (QED) is 0.654. The average Bonchev–Trinajstić information content (AvgIpc) is 3.06. The molecule has 1 atom stereocenters. The first-order valence-corrected chi connectivity index (χ1v) is 10.9. The van der Waals surface area contributed by atoms with Crippen molar-refractivity contribution in [1.82, 2.24) is 9.30 Å². The van der Waals surface area contributed by atoms with E-state index in [2.05, 4.69) is 16.5 Å². The molecule has 5 heteroatoms. The third kappa shape index (κ3) is 4.09. The van der Waals surface area contributed by atoms with Gasteiger partial charge in [-0.2, -0.15) is 0 Å². The Labute approximate surface area is 183 Å². The highest BCUT2D eigenvalue weighted by molar-refractivity contribution is 5.82.